The number of nitrogens with zero attached hydrogens (tertiary/aromatic N) is 6. The van der Waals surface area contributed by atoms with Gasteiger partial charge < -0.3 is 19.5 Å². The van der Waals surface area contributed by atoms with E-state index in [1.54, 1.807) is 12.4 Å². The molecule has 34 heavy (non-hydrogen) atoms. The van der Waals surface area contributed by atoms with Crippen LogP contribution >= 0.6 is 0 Å². The van der Waals surface area contributed by atoms with E-state index in [1.807, 2.05) is 43.3 Å². The van der Waals surface area contributed by atoms with Gasteiger partial charge in [-0.3, -0.25) is 9.78 Å². The number of rotatable bonds is 5. The van der Waals surface area contributed by atoms with Crippen molar-refractivity contribution >= 4 is 28.6 Å². The summed E-state index contributed by atoms with van der Waals surface area (Å²) in [7, 11) is 0. The smallest absolute Gasteiger partial charge is 0.293 e. The molecular weight excluding hydrogens is 430 g/mol. The summed E-state index contributed by atoms with van der Waals surface area (Å²) in [5.41, 5.74) is 4.17. The molecule has 0 unspecified atom stereocenters. The number of anilines is 2. The number of aryl methyl sites for hydroxylation is 1. The minimum Gasteiger partial charge on any atom is -0.378 e. The summed E-state index contributed by atoms with van der Waals surface area (Å²) in [4.78, 5) is 34.0. The molecule has 172 valence electrons. The van der Waals surface area contributed by atoms with Crippen LogP contribution in [0.25, 0.3) is 22.6 Å². The molecule has 0 atom stereocenters. The molecule has 1 amide bonds. The number of amides is 1. The average molecular weight is 456 g/mol. The Morgan fingerprint density at radius 3 is 2.59 bits per heavy atom. The van der Waals surface area contributed by atoms with Crippen molar-refractivity contribution in [2.45, 2.75) is 25.8 Å². The molecule has 3 aromatic heterocycles. The quantitative estimate of drug-likeness (QED) is 0.491. The summed E-state index contributed by atoms with van der Waals surface area (Å²) in [6.45, 7) is 4.58. The summed E-state index contributed by atoms with van der Waals surface area (Å²) in [5.74, 6) is 1.31. The summed E-state index contributed by atoms with van der Waals surface area (Å²) >= 11 is 0. The molecule has 2 aliphatic rings. The van der Waals surface area contributed by atoms with Crippen molar-refractivity contribution in [3.05, 3.63) is 60.2 Å². The molecule has 4 aromatic rings. The normalized spacial score (nSPS) is 16.1. The summed E-state index contributed by atoms with van der Waals surface area (Å²) in [5, 5.41) is 2.95. The molecule has 2 fully saturated rings. The minimum atomic E-state index is -0.337. The Kier molecular flexibility index (Phi) is 5.18. The number of aromatic nitrogens is 5. The predicted molar refractivity (Wildman–Crippen MR) is 129 cm³/mol. The number of benzene rings is 1. The van der Waals surface area contributed by atoms with Crippen LogP contribution in [0.15, 0.2) is 48.8 Å². The average Bonchev–Trinajstić information content (AvgIpc) is 3.63. The maximum atomic E-state index is 13.3. The SMILES string of the molecule is Cc1cccc(NC(=O)c2nc(N3CCOCC3)c3nc(-c4ccncc4)n(C4CC4)c3n2)c1. The molecule has 0 radical (unpaired) electrons. The second-order valence-corrected chi connectivity index (χ2v) is 8.74. The Bertz CT molecular complexity index is 1360. The van der Waals surface area contributed by atoms with Crippen LogP contribution in [0.4, 0.5) is 11.5 Å². The van der Waals surface area contributed by atoms with E-state index in [2.05, 4.69) is 19.8 Å². The molecule has 9 nitrogen and oxygen atoms in total. The highest BCUT2D eigenvalue weighted by Crippen LogP contribution is 2.42. The van der Waals surface area contributed by atoms with Crippen LogP contribution in [0, 0.1) is 6.92 Å². The van der Waals surface area contributed by atoms with E-state index in [9.17, 15) is 4.79 Å². The zero-order chi connectivity index (χ0) is 23.1. The Labute approximate surface area is 196 Å². The van der Waals surface area contributed by atoms with Crippen molar-refractivity contribution in [2.75, 3.05) is 36.5 Å². The van der Waals surface area contributed by atoms with Gasteiger partial charge in [0.1, 0.15) is 5.82 Å². The lowest BCUT2D eigenvalue weighted by atomic mass is 10.2. The molecule has 1 aliphatic carbocycles. The fourth-order valence-corrected chi connectivity index (χ4v) is 4.35. The lowest BCUT2D eigenvalue weighted by Crippen LogP contribution is -2.37. The minimum absolute atomic E-state index is 0.138. The van der Waals surface area contributed by atoms with Gasteiger partial charge in [-0.15, -0.1) is 0 Å². The largest absolute Gasteiger partial charge is 0.378 e. The van der Waals surface area contributed by atoms with Crippen molar-refractivity contribution in [1.82, 2.24) is 24.5 Å². The first-order valence-corrected chi connectivity index (χ1v) is 11.6. The topological polar surface area (TPSA) is 98.1 Å². The maximum absolute atomic E-state index is 13.3. The van der Waals surface area contributed by atoms with Gasteiger partial charge in [0.25, 0.3) is 5.91 Å². The zero-order valence-corrected chi connectivity index (χ0v) is 18.9. The molecule has 0 bridgehead atoms. The van der Waals surface area contributed by atoms with Gasteiger partial charge in [-0.25, -0.2) is 15.0 Å². The number of carbonyl (C=O) groups is 1. The van der Waals surface area contributed by atoms with E-state index in [0.29, 0.717) is 49.3 Å². The number of hydrogen-bond donors (Lipinski definition) is 1. The van der Waals surface area contributed by atoms with Crippen molar-refractivity contribution < 1.29 is 9.53 Å². The van der Waals surface area contributed by atoms with Gasteiger partial charge in [-0.05, 0) is 49.6 Å². The molecule has 1 saturated heterocycles. The summed E-state index contributed by atoms with van der Waals surface area (Å²) in [6, 6.07) is 11.9. The number of fused-ring (bicyclic) bond motifs is 1. The third kappa shape index (κ3) is 3.88. The maximum Gasteiger partial charge on any atom is 0.293 e. The van der Waals surface area contributed by atoms with Crippen LogP contribution in [0.5, 0.6) is 0 Å². The third-order valence-electron chi connectivity index (χ3n) is 6.16. The predicted octanol–water partition coefficient (Wildman–Crippen LogP) is 3.62. The van der Waals surface area contributed by atoms with Crippen LogP contribution in [-0.4, -0.2) is 56.7 Å². The first-order valence-electron chi connectivity index (χ1n) is 11.6. The zero-order valence-electron chi connectivity index (χ0n) is 18.9. The number of pyridine rings is 1. The Hall–Kier alpha value is -3.85. The molecule has 1 saturated carbocycles. The van der Waals surface area contributed by atoms with E-state index in [4.69, 9.17) is 19.7 Å². The van der Waals surface area contributed by atoms with Gasteiger partial charge >= 0.3 is 0 Å². The number of imidazole rings is 1. The van der Waals surface area contributed by atoms with E-state index in [-0.39, 0.29) is 11.7 Å². The second kappa shape index (κ2) is 8.49. The Morgan fingerprint density at radius 1 is 1.06 bits per heavy atom. The number of nitrogens with one attached hydrogen (secondary N) is 1. The van der Waals surface area contributed by atoms with Crippen LogP contribution < -0.4 is 10.2 Å². The molecule has 0 spiro atoms. The fraction of sp³-hybridized carbons (Fsp3) is 0.320. The van der Waals surface area contributed by atoms with Gasteiger partial charge in [0, 0.05) is 42.8 Å². The van der Waals surface area contributed by atoms with Crippen molar-refractivity contribution in [1.29, 1.82) is 0 Å². The van der Waals surface area contributed by atoms with E-state index >= 15 is 0 Å². The molecule has 6 rings (SSSR count). The number of carbonyl (C=O) groups excluding carboxylic acids is 1. The first kappa shape index (κ1) is 20.7. The van der Waals surface area contributed by atoms with Crippen LogP contribution in [-0.2, 0) is 4.74 Å². The molecule has 4 heterocycles. The van der Waals surface area contributed by atoms with Gasteiger partial charge in [-0.2, -0.15) is 0 Å². The van der Waals surface area contributed by atoms with Gasteiger partial charge in [0.2, 0.25) is 5.82 Å². The number of morpholine rings is 1. The third-order valence-corrected chi connectivity index (χ3v) is 6.16. The van der Waals surface area contributed by atoms with E-state index < -0.39 is 0 Å². The van der Waals surface area contributed by atoms with E-state index in [1.165, 1.54) is 0 Å². The fourth-order valence-electron chi connectivity index (χ4n) is 4.35. The Balaban J connectivity index is 1.51. The Morgan fingerprint density at radius 2 is 1.85 bits per heavy atom. The van der Waals surface area contributed by atoms with E-state index in [0.717, 1.165) is 35.5 Å². The molecular formula is C25H25N7O2. The highest BCUT2D eigenvalue weighted by Gasteiger charge is 2.32. The monoisotopic (exact) mass is 455 g/mol. The van der Waals surface area contributed by atoms with Crippen LogP contribution in [0.3, 0.4) is 0 Å². The standard InChI is InChI=1S/C25H25N7O2/c1-16-3-2-4-18(15-16)27-25(33)21-29-23(31-11-13-34-14-12-31)20-24(30-21)32(19-5-6-19)22(28-20)17-7-9-26-10-8-17/h2-4,7-10,15,19H,5-6,11-14H2,1H3,(H,27,33). The van der Waals surface area contributed by atoms with Gasteiger partial charge in [0.05, 0.1) is 13.2 Å². The van der Waals surface area contributed by atoms with Crippen molar-refractivity contribution in [3.63, 3.8) is 0 Å². The molecule has 1 N–H and O–H groups in total. The lowest BCUT2D eigenvalue weighted by molar-refractivity contribution is 0.101. The van der Waals surface area contributed by atoms with Crippen molar-refractivity contribution in [3.8, 4) is 11.4 Å². The van der Waals surface area contributed by atoms with Gasteiger partial charge in [-0.1, -0.05) is 12.1 Å². The number of hydrogen-bond acceptors (Lipinski definition) is 7. The summed E-state index contributed by atoms with van der Waals surface area (Å²) in [6.07, 6.45) is 5.65. The van der Waals surface area contributed by atoms with Crippen molar-refractivity contribution in [2.24, 2.45) is 0 Å². The van der Waals surface area contributed by atoms with Crippen LogP contribution in [0.2, 0.25) is 0 Å². The summed E-state index contributed by atoms with van der Waals surface area (Å²) < 4.78 is 7.72. The molecule has 1 aliphatic heterocycles. The van der Waals surface area contributed by atoms with Gasteiger partial charge in [0.15, 0.2) is 17.0 Å². The first-order chi connectivity index (χ1) is 16.7. The highest BCUT2D eigenvalue weighted by molar-refractivity contribution is 6.03. The number of ether oxygens (including phenoxy) is 1. The molecule has 1 aromatic carbocycles. The van der Waals surface area contributed by atoms with Crippen LogP contribution in [0.1, 0.15) is 35.1 Å². The second-order valence-electron chi connectivity index (χ2n) is 8.74. The highest BCUT2D eigenvalue weighted by atomic mass is 16.5. The lowest BCUT2D eigenvalue weighted by Gasteiger charge is -2.28. The molecule has 9 heteroatoms.